The summed E-state index contributed by atoms with van der Waals surface area (Å²) in [5, 5.41) is 0. The van der Waals surface area contributed by atoms with Crippen LogP contribution in [0.2, 0.25) is 0 Å². The molecule has 0 fully saturated rings. The highest BCUT2D eigenvalue weighted by molar-refractivity contribution is 5.76. The molecule has 0 saturated heterocycles. The quantitative estimate of drug-likeness (QED) is 0.605. The standard InChI is InChI=1S/C7H5NO3/c9-3-5-2-8-6(4-10)1-7(5)11/h1-4H,(H,8,11). The molecule has 1 N–H and O–H groups in total. The fourth-order valence-corrected chi connectivity index (χ4v) is 0.659. The summed E-state index contributed by atoms with van der Waals surface area (Å²) >= 11 is 0. The molecule has 4 nitrogen and oxygen atoms in total. The summed E-state index contributed by atoms with van der Waals surface area (Å²) in [5.41, 5.74) is -0.253. The van der Waals surface area contributed by atoms with Crippen molar-refractivity contribution in [3.63, 3.8) is 0 Å². The molecule has 0 amide bonds. The van der Waals surface area contributed by atoms with Crippen molar-refractivity contribution in [3.8, 4) is 0 Å². The Balaban J connectivity index is 3.30. The van der Waals surface area contributed by atoms with Gasteiger partial charge in [-0.1, -0.05) is 0 Å². The molecule has 0 aliphatic carbocycles. The lowest BCUT2D eigenvalue weighted by Crippen LogP contribution is -2.08. The second-order valence-corrected chi connectivity index (χ2v) is 1.94. The smallest absolute Gasteiger partial charge is 0.192 e. The van der Waals surface area contributed by atoms with Crippen LogP contribution in [0.25, 0.3) is 0 Å². The van der Waals surface area contributed by atoms with E-state index in [1.807, 2.05) is 0 Å². The number of aromatic amines is 1. The van der Waals surface area contributed by atoms with Crippen molar-refractivity contribution in [2.24, 2.45) is 0 Å². The number of hydrogen-bond acceptors (Lipinski definition) is 3. The Kier molecular flexibility index (Phi) is 1.96. The molecular weight excluding hydrogens is 146 g/mol. The summed E-state index contributed by atoms with van der Waals surface area (Å²) in [7, 11) is 0. The maximum Gasteiger partial charge on any atom is 0.192 e. The Morgan fingerprint density at radius 3 is 2.45 bits per heavy atom. The monoisotopic (exact) mass is 151 g/mol. The van der Waals surface area contributed by atoms with Crippen LogP contribution in [-0.2, 0) is 0 Å². The highest BCUT2D eigenvalue weighted by Crippen LogP contribution is 1.86. The van der Waals surface area contributed by atoms with Gasteiger partial charge in [-0.25, -0.2) is 0 Å². The first-order valence-corrected chi connectivity index (χ1v) is 2.91. The third-order valence-electron chi connectivity index (χ3n) is 1.22. The van der Waals surface area contributed by atoms with Gasteiger partial charge in [0, 0.05) is 12.3 Å². The highest BCUT2D eigenvalue weighted by atomic mass is 16.1. The van der Waals surface area contributed by atoms with Crippen molar-refractivity contribution >= 4 is 12.6 Å². The Labute approximate surface area is 61.9 Å². The molecule has 0 saturated carbocycles. The van der Waals surface area contributed by atoms with E-state index in [9.17, 15) is 14.4 Å². The third-order valence-corrected chi connectivity index (χ3v) is 1.22. The van der Waals surface area contributed by atoms with Crippen LogP contribution in [0.15, 0.2) is 17.1 Å². The number of hydrogen-bond donors (Lipinski definition) is 1. The minimum Gasteiger partial charge on any atom is -0.358 e. The number of nitrogens with one attached hydrogen (secondary N) is 1. The number of H-pyrrole nitrogens is 1. The molecule has 1 rings (SSSR count). The van der Waals surface area contributed by atoms with Crippen molar-refractivity contribution in [3.05, 3.63) is 33.7 Å². The summed E-state index contributed by atoms with van der Waals surface area (Å²) in [5.74, 6) is 0. The van der Waals surface area contributed by atoms with E-state index in [-0.39, 0.29) is 11.3 Å². The second-order valence-electron chi connectivity index (χ2n) is 1.94. The third kappa shape index (κ3) is 1.40. The molecule has 1 heterocycles. The van der Waals surface area contributed by atoms with E-state index < -0.39 is 5.43 Å². The van der Waals surface area contributed by atoms with E-state index in [2.05, 4.69) is 4.98 Å². The molecule has 4 heteroatoms. The van der Waals surface area contributed by atoms with Gasteiger partial charge in [-0.05, 0) is 0 Å². The number of aldehydes is 2. The SMILES string of the molecule is O=Cc1cc(=O)c(C=O)c[nH]1. The molecule has 0 aromatic carbocycles. The fraction of sp³-hybridized carbons (Fsp3) is 0. The van der Waals surface area contributed by atoms with Gasteiger partial charge in [0.2, 0.25) is 0 Å². The van der Waals surface area contributed by atoms with Gasteiger partial charge in [0.15, 0.2) is 18.0 Å². The minimum absolute atomic E-state index is 0.0237. The summed E-state index contributed by atoms with van der Waals surface area (Å²) in [4.78, 5) is 33.5. The van der Waals surface area contributed by atoms with Gasteiger partial charge in [-0.2, -0.15) is 0 Å². The minimum atomic E-state index is -0.444. The van der Waals surface area contributed by atoms with E-state index in [1.54, 1.807) is 0 Å². The Morgan fingerprint density at radius 2 is 2.00 bits per heavy atom. The molecule has 0 aliphatic heterocycles. The topological polar surface area (TPSA) is 67.0 Å². The molecular formula is C7H5NO3. The van der Waals surface area contributed by atoms with Crippen LogP contribution in [0.3, 0.4) is 0 Å². The molecule has 1 aromatic heterocycles. The molecule has 0 unspecified atom stereocenters. The molecule has 0 atom stereocenters. The predicted octanol–water partition coefficient (Wildman–Crippen LogP) is -0.0001000. The summed E-state index contributed by atoms with van der Waals surface area (Å²) in [6.45, 7) is 0. The average Bonchev–Trinajstić information content (AvgIpc) is 2.04. The van der Waals surface area contributed by atoms with E-state index in [1.165, 1.54) is 6.20 Å². The maximum absolute atomic E-state index is 10.8. The van der Waals surface area contributed by atoms with E-state index in [4.69, 9.17) is 0 Å². The van der Waals surface area contributed by atoms with Crippen molar-refractivity contribution in [1.82, 2.24) is 4.98 Å². The molecule has 0 spiro atoms. The van der Waals surface area contributed by atoms with Crippen LogP contribution >= 0.6 is 0 Å². The summed E-state index contributed by atoms with van der Waals surface area (Å²) in [6, 6.07) is 1.08. The molecule has 0 radical (unpaired) electrons. The number of pyridine rings is 1. The molecule has 0 bridgehead atoms. The van der Waals surface area contributed by atoms with Crippen LogP contribution in [0.1, 0.15) is 20.8 Å². The molecule has 1 aromatic rings. The van der Waals surface area contributed by atoms with Crippen molar-refractivity contribution < 1.29 is 9.59 Å². The van der Waals surface area contributed by atoms with Gasteiger partial charge in [0.05, 0.1) is 11.3 Å². The first kappa shape index (κ1) is 7.40. The largest absolute Gasteiger partial charge is 0.358 e. The van der Waals surface area contributed by atoms with Crippen LogP contribution in [0, 0.1) is 0 Å². The lowest BCUT2D eigenvalue weighted by atomic mass is 10.3. The first-order valence-electron chi connectivity index (χ1n) is 2.91. The van der Waals surface area contributed by atoms with E-state index >= 15 is 0 Å². The van der Waals surface area contributed by atoms with Crippen molar-refractivity contribution in [2.75, 3.05) is 0 Å². The van der Waals surface area contributed by atoms with Gasteiger partial charge < -0.3 is 4.98 Å². The number of aromatic nitrogens is 1. The fourth-order valence-electron chi connectivity index (χ4n) is 0.659. The predicted molar refractivity (Wildman–Crippen MR) is 37.8 cm³/mol. The first-order chi connectivity index (χ1) is 5.27. The van der Waals surface area contributed by atoms with Crippen molar-refractivity contribution in [2.45, 2.75) is 0 Å². The molecule has 56 valence electrons. The zero-order chi connectivity index (χ0) is 8.27. The average molecular weight is 151 g/mol. The summed E-state index contributed by atoms with van der Waals surface area (Å²) in [6.07, 6.45) is 2.16. The van der Waals surface area contributed by atoms with E-state index in [0.29, 0.717) is 12.6 Å². The normalized spacial score (nSPS) is 9.09. The van der Waals surface area contributed by atoms with Gasteiger partial charge >= 0.3 is 0 Å². The second kappa shape index (κ2) is 2.92. The number of carbonyl (C=O) groups is 2. The summed E-state index contributed by atoms with van der Waals surface area (Å²) < 4.78 is 0. The van der Waals surface area contributed by atoms with Crippen LogP contribution in [0.4, 0.5) is 0 Å². The molecule has 11 heavy (non-hydrogen) atoms. The Morgan fingerprint density at radius 1 is 1.27 bits per heavy atom. The van der Waals surface area contributed by atoms with Gasteiger partial charge in [-0.3, -0.25) is 14.4 Å². The Hall–Kier alpha value is -1.71. The van der Waals surface area contributed by atoms with Gasteiger partial charge in [0.25, 0.3) is 0 Å². The number of rotatable bonds is 2. The maximum atomic E-state index is 10.8. The molecule has 0 aliphatic rings. The zero-order valence-electron chi connectivity index (χ0n) is 5.53. The van der Waals surface area contributed by atoms with Crippen LogP contribution < -0.4 is 5.43 Å². The van der Waals surface area contributed by atoms with Crippen LogP contribution in [0.5, 0.6) is 0 Å². The zero-order valence-corrected chi connectivity index (χ0v) is 5.53. The lowest BCUT2D eigenvalue weighted by Gasteiger charge is -1.89. The lowest BCUT2D eigenvalue weighted by molar-refractivity contribution is 0.110. The number of carbonyl (C=O) groups excluding carboxylic acids is 2. The van der Waals surface area contributed by atoms with Crippen LogP contribution in [-0.4, -0.2) is 17.6 Å². The highest BCUT2D eigenvalue weighted by Gasteiger charge is 1.97. The van der Waals surface area contributed by atoms with Gasteiger partial charge in [0.1, 0.15) is 0 Å². The Bertz CT molecular complexity index is 340. The van der Waals surface area contributed by atoms with E-state index in [0.717, 1.165) is 6.07 Å². The van der Waals surface area contributed by atoms with Crippen molar-refractivity contribution in [1.29, 1.82) is 0 Å². The van der Waals surface area contributed by atoms with Gasteiger partial charge in [-0.15, -0.1) is 0 Å².